The molecule has 0 fully saturated rings. The number of rotatable bonds is 2. The Morgan fingerprint density at radius 2 is 2.00 bits per heavy atom. The Balaban J connectivity index is 2.52. The van der Waals surface area contributed by atoms with E-state index in [0.29, 0.717) is 0 Å². The SMILES string of the molecule is O=C(O)c1cnn(-c2ccccc2)c1Cl. The van der Waals surface area contributed by atoms with Crippen LogP contribution in [-0.2, 0) is 0 Å². The molecule has 1 N–H and O–H groups in total. The van der Waals surface area contributed by atoms with Crippen molar-refractivity contribution in [3.63, 3.8) is 0 Å². The monoisotopic (exact) mass is 222 g/mol. The van der Waals surface area contributed by atoms with E-state index in [1.807, 2.05) is 18.2 Å². The Bertz CT molecular complexity index is 493. The van der Waals surface area contributed by atoms with Gasteiger partial charge in [-0.2, -0.15) is 5.10 Å². The molecule has 4 nitrogen and oxygen atoms in total. The second-order valence-corrected chi connectivity index (χ2v) is 3.26. The van der Waals surface area contributed by atoms with Gasteiger partial charge >= 0.3 is 5.97 Å². The topological polar surface area (TPSA) is 55.1 Å². The van der Waals surface area contributed by atoms with Gasteiger partial charge < -0.3 is 5.11 Å². The number of aromatic nitrogens is 2. The highest BCUT2D eigenvalue weighted by atomic mass is 35.5. The van der Waals surface area contributed by atoms with Crippen LogP contribution in [0.1, 0.15) is 10.4 Å². The van der Waals surface area contributed by atoms with Crippen LogP contribution in [0.2, 0.25) is 5.15 Å². The third-order valence-electron chi connectivity index (χ3n) is 1.94. The molecule has 0 spiro atoms. The van der Waals surface area contributed by atoms with E-state index in [2.05, 4.69) is 5.10 Å². The molecule has 0 radical (unpaired) electrons. The van der Waals surface area contributed by atoms with Gasteiger partial charge in [0, 0.05) is 0 Å². The molecule has 2 rings (SSSR count). The molecule has 0 unspecified atom stereocenters. The quantitative estimate of drug-likeness (QED) is 0.848. The summed E-state index contributed by atoms with van der Waals surface area (Å²) < 4.78 is 1.38. The molecule has 5 heteroatoms. The predicted molar refractivity (Wildman–Crippen MR) is 55.5 cm³/mol. The zero-order valence-electron chi connectivity index (χ0n) is 7.59. The lowest BCUT2D eigenvalue weighted by molar-refractivity contribution is 0.0697. The van der Waals surface area contributed by atoms with Gasteiger partial charge in [0.2, 0.25) is 0 Å². The predicted octanol–water partition coefficient (Wildman–Crippen LogP) is 2.22. The molecule has 2 aromatic rings. The molecule has 1 aromatic heterocycles. The maximum atomic E-state index is 10.7. The highest BCUT2D eigenvalue weighted by Gasteiger charge is 2.15. The third kappa shape index (κ3) is 1.71. The minimum absolute atomic E-state index is 0.000481. The van der Waals surface area contributed by atoms with Gasteiger partial charge in [0.15, 0.2) is 0 Å². The van der Waals surface area contributed by atoms with E-state index < -0.39 is 5.97 Å². The average molecular weight is 223 g/mol. The third-order valence-corrected chi connectivity index (χ3v) is 2.31. The van der Waals surface area contributed by atoms with Crippen molar-refractivity contribution in [1.82, 2.24) is 9.78 Å². The van der Waals surface area contributed by atoms with Crippen LogP contribution >= 0.6 is 11.6 Å². The van der Waals surface area contributed by atoms with Crippen molar-refractivity contribution in [3.05, 3.63) is 47.2 Å². The Labute approximate surface area is 90.7 Å². The molecular formula is C10H7ClN2O2. The molecule has 0 saturated carbocycles. The fourth-order valence-corrected chi connectivity index (χ4v) is 1.50. The number of carbonyl (C=O) groups is 1. The zero-order chi connectivity index (χ0) is 10.8. The molecule has 0 aliphatic carbocycles. The summed E-state index contributed by atoms with van der Waals surface area (Å²) in [5.74, 6) is -1.08. The summed E-state index contributed by atoms with van der Waals surface area (Å²) in [5, 5.41) is 12.8. The Hall–Kier alpha value is -1.81. The number of nitrogens with zero attached hydrogens (tertiary/aromatic N) is 2. The number of halogens is 1. The zero-order valence-corrected chi connectivity index (χ0v) is 8.35. The standard InChI is InChI=1S/C10H7ClN2O2/c11-9-8(10(14)15)6-12-13(9)7-4-2-1-3-5-7/h1-6H,(H,14,15). The van der Waals surface area contributed by atoms with E-state index in [9.17, 15) is 4.79 Å². The van der Waals surface area contributed by atoms with E-state index in [4.69, 9.17) is 16.7 Å². The molecule has 0 aliphatic rings. The first-order chi connectivity index (χ1) is 7.20. The van der Waals surface area contributed by atoms with Crippen LogP contribution in [0, 0.1) is 0 Å². The van der Waals surface area contributed by atoms with E-state index in [-0.39, 0.29) is 10.7 Å². The second kappa shape index (κ2) is 3.74. The van der Waals surface area contributed by atoms with E-state index in [1.165, 1.54) is 10.9 Å². The number of benzene rings is 1. The summed E-state index contributed by atoms with van der Waals surface area (Å²) in [6, 6.07) is 9.11. The maximum Gasteiger partial charge on any atom is 0.340 e. The Kier molecular flexibility index (Phi) is 2.43. The van der Waals surface area contributed by atoms with Crippen molar-refractivity contribution in [1.29, 1.82) is 0 Å². The molecule has 0 bridgehead atoms. The van der Waals surface area contributed by atoms with Gasteiger partial charge in [-0.25, -0.2) is 9.48 Å². The molecule has 0 atom stereocenters. The van der Waals surface area contributed by atoms with Gasteiger partial charge in [0.25, 0.3) is 0 Å². The Morgan fingerprint density at radius 1 is 1.33 bits per heavy atom. The second-order valence-electron chi connectivity index (χ2n) is 2.90. The van der Waals surface area contributed by atoms with Crippen LogP contribution in [0.3, 0.4) is 0 Å². The summed E-state index contributed by atoms with van der Waals surface area (Å²) >= 11 is 5.87. The number of carboxylic acids is 1. The molecule has 0 aliphatic heterocycles. The lowest BCUT2D eigenvalue weighted by Crippen LogP contribution is -1.98. The van der Waals surface area contributed by atoms with Gasteiger partial charge in [-0.3, -0.25) is 0 Å². The lowest BCUT2D eigenvalue weighted by Gasteiger charge is -2.01. The number of hydrogen-bond acceptors (Lipinski definition) is 2. The van der Waals surface area contributed by atoms with Crippen LogP contribution in [0.25, 0.3) is 5.69 Å². The van der Waals surface area contributed by atoms with Gasteiger partial charge in [0.05, 0.1) is 11.9 Å². The van der Waals surface area contributed by atoms with E-state index >= 15 is 0 Å². The number of carboxylic acid groups (broad SMARTS) is 1. The van der Waals surface area contributed by atoms with Crippen molar-refractivity contribution in [2.75, 3.05) is 0 Å². The van der Waals surface area contributed by atoms with Gasteiger partial charge in [-0.15, -0.1) is 0 Å². The van der Waals surface area contributed by atoms with Crippen molar-refractivity contribution in [2.45, 2.75) is 0 Å². The highest BCUT2D eigenvalue weighted by molar-refractivity contribution is 6.32. The average Bonchev–Trinajstić information content (AvgIpc) is 2.61. The molecule has 0 saturated heterocycles. The summed E-state index contributed by atoms with van der Waals surface area (Å²) in [4.78, 5) is 10.7. The summed E-state index contributed by atoms with van der Waals surface area (Å²) in [6.45, 7) is 0. The maximum absolute atomic E-state index is 10.7. The summed E-state index contributed by atoms with van der Waals surface area (Å²) in [5.41, 5.74) is 0.732. The summed E-state index contributed by atoms with van der Waals surface area (Å²) in [7, 11) is 0. The number of para-hydroxylation sites is 1. The van der Waals surface area contributed by atoms with Crippen LogP contribution in [-0.4, -0.2) is 20.9 Å². The largest absolute Gasteiger partial charge is 0.478 e. The Morgan fingerprint density at radius 3 is 2.53 bits per heavy atom. The minimum atomic E-state index is -1.08. The van der Waals surface area contributed by atoms with Crippen molar-refractivity contribution >= 4 is 17.6 Å². The lowest BCUT2D eigenvalue weighted by atomic mass is 10.3. The first kappa shape index (κ1) is 9.73. The van der Waals surface area contributed by atoms with Crippen LogP contribution < -0.4 is 0 Å². The van der Waals surface area contributed by atoms with Crippen LogP contribution in [0.4, 0.5) is 0 Å². The fourth-order valence-electron chi connectivity index (χ4n) is 1.23. The van der Waals surface area contributed by atoms with Gasteiger partial charge in [-0.1, -0.05) is 29.8 Å². The van der Waals surface area contributed by atoms with Crippen LogP contribution in [0.5, 0.6) is 0 Å². The van der Waals surface area contributed by atoms with E-state index in [1.54, 1.807) is 12.1 Å². The summed E-state index contributed by atoms with van der Waals surface area (Å²) in [6.07, 6.45) is 1.23. The molecule has 0 amide bonds. The normalized spacial score (nSPS) is 10.2. The van der Waals surface area contributed by atoms with E-state index in [0.717, 1.165) is 5.69 Å². The molecule has 15 heavy (non-hydrogen) atoms. The highest BCUT2D eigenvalue weighted by Crippen LogP contribution is 2.19. The van der Waals surface area contributed by atoms with Crippen LogP contribution in [0.15, 0.2) is 36.5 Å². The molecule has 76 valence electrons. The van der Waals surface area contributed by atoms with Gasteiger partial charge in [-0.05, 0) is 12.1 Å². The smallest absolute Gasteiger partial charge is 0.340 e. The first-order valence-electron chi connectivity index (χ1n) is 4.22. The first-order valence-corrected chi connectivity index (χ1v) is 4.60. The fraction of sp³-hybridized carbons (Fsp3) is 0. The minimum Gasteiger partial charge on any atom is -0.478 e. The number of aromatic carboxylic acids is 1. The molecule has 1 aromatic carbocycles. The van der Waals surface area contributed by atoms with Gasteiger partial charge in [0.1, 0.15) is 10.7 Å². The van der Waals surface area contributed by atoms with Crippen molar-refractivity contribution < 1.29 is 9.90 Å². The number of hydrogen-bond donors (Lipinski definition) is 1. The molecular weight excluding hydrogens is 216 g/mol. The molecule has 1 heterocycles. The van der Waals surface area contributed by atoms with Crippen molar-refractivity contribution in [2.24, 2.45) is 0 Å². The van der Waals surface area contributed by atoms with Crippen molar-refractivity contribution in [3.8, 4) is 5.69 Å².